The Morgan fingerprint density at radius 1 is 1.41 bits per heavy atom. The zero-order chi connectivity index (χ0) is 12.1. The summed E-state index contributed by atoms with van der Waals surface area (Å²) in [6.07, 6.45) is 5.04. The van der Waals surface area contributed by atoms with E-state index in [1.807, 2.05) is 0 Å². The first-order valence-corrected chi connectivity index (χ1v) is 6.57. The molecule has 2 rings (SSSR count). The van der Waals surface area contributed by atoms with Crippen LogP contribution in [0, 0.1) is 0 Å². The molecule has 0 bridgehead atoms. The molecule has 0 aliphatic heterocycles. The summed E-state index contributed by atoms with van der Waals surface area (Å²) in [4.78, 5) is 0. The summed E-state index contributed by atoms with van der Waals surface area (Å²) in [5, 5.41) is 10.3. The second kappa shape index (κ2) is 6.18. The van der Waals surface area contributed by atoms with Crippen molar-refractivity contribution < 1.29 is 9.84 Å². The molecule has 2 unspecified atom stereocenters. The van der Waals surface area contributed by atoms with E-state index in [0.29, 0.717) is 5.92 Å². The van der Waals surface area contributed by atoms with Crippen molar-refractivity contribution in [2.75, 3.05) is 13.7 Å². The summed E-state index contributed by atoms with van der Waals surface area (Å²) >= 11 is 0. The zero-order valence-corrected chi connectivity index (χ0v) is 10.6. The van der Waals surface area contributed by atoms with Gasteiger partial charge in [-0.1, -0.05) is 24.3 Å². The van der Waals surface area contributed by atoms with Gasteiger partial charge < -0.3 is 9.84 Å². The number of methoxy groups -OCH3 is 1. The lowest BCUT2D eigenvalue weighted by molar-refractivity contribution is 0.107. The molecule has 0 radical (unpaired) electrons. The average molecular weight is 234 g/mol. The maximum atomic E-state index is 10.3. The van der Waals surface area contributed by atoms with Crippen LogP contribution in [-0.2, 0) is 11.2 Å². The second-order valence-electron chi connectivity index (χ2n) is 4.90. The highest BCUT2D eigenvalue weighted by atomic mass is 16.5. The van der Waals surface area contributed by atoms with Gasteiger partial charge in [-0.15, -0.1) is 0 Å². The van der Waals surface area contributed by atoms with Gasteiger partial charge in [-0.25, -0.2) is 0 Å². The standard InChI is InChI=1S/C15H22O2/c1-17-11-5-10-15(16)14-9-4-7-12-6-2-3-8-13(12)14/h2-3,6,8,14-16H,4-5,7,9-11H2,1H3. The van der Waals surface area contributed by atoms with Crippen LogP contribution in [-0.4, -0.2) is 24.9 Å². The third kappa shape index (κ3) is 3.08. The Labute approximate surface area is 104 Å². The third-order valence-corrected chi connectivity index (χ3v) is 3.73. The van der Waals surface area contributed by atoms with E-state index in [1.54, 1.807) is 7.11 Å². The molecule has 1 aromatic carbocycles. The molecule has 2 nitrogen and oxygen atoms in total. The molecule has 2 heteroatoms. The van der Waals surface area contributed by atoms with Crippen LogP contribution in [0.15, 0.2) is 24.3 Å². The predicted octanol–water partition coefficient (Wildman–Crippen LogP) is 2.89. The fourth-order valence-corrected chi connectivity index (χ4v) is 2.83. The summed E-state index contributed by atoms with van der Waals surface area (Å²) < 4.78 is 5.04. The lowest BCUT2D eigenvalue weighted by Gasteiger charge is -2.29. The van der Waals surface area contributed by atoms with Gasteiger partial charge in [0.05, 0.1) is 6.10 Å². The van der Waals surface area contributed by atoms with Crippen LogP contribution in [0.1, 0.15) is 42.7 Å². The molecular weight excluding hydrogens is 212 g/mol. The zero-order valence-electron chi connectivity index (χ0n) is 10.6. The van der Waals surface area contributed by atoms with Crippen LogP contribution in [0.2, 0.25) is 0 Å². The van der Waals surface area contributed by atoms with Crippen LogP contribution in [0.4, 0.5) is 0 Å². The van der Waals surface area contributed by atoms with Gasteiger partial charge in [-0.05, 0) is 43.2 Å². The quantitative estimate of drug-likeness (QED) is 0.794. The number of fused-ring (bicyclic) bond motifs is 1. The minimum absolute atomic E-state index is 0.216. The number of aliphatic hydroxyl groups excluding tert-OH is 1. The van der Waals surface area contributed by atoms with Crippen molar-refractivity contribution in [1.29, 1.82) is 0 Å². The van der Waals surface area contributed by atoms with E-state index < -0.39 is 0 Å². The van der Waals surface area contributed by atoms with Gasteiger partial charge in [0.2, 0.25) is 0 Å². The fourth-order valence-electron chi connectivity index (χ4n) is 2.83. The Hall–Kier alpha value is -0.860. The fraction of sp³-hybridized carbons (Fsp3) is 0.600. The lowest BCUT2D eigenvalue weighted by Crippen LogP contribution is -2.23. The molecular formula is C15H22O2. The Balaban J connectivity index is 2.02. The smallest absolute Gasteiger partial charge is 0.0609 e. The highest BCUT2D eigenvalue weighted by Gasteiger charge is 2.25. The highest BCUT2D eigenvalue weighted by Crippen LogP contribution is 2.35. The van der Waals surface area contributed by atoms with Crippen LogP contribution in [0.3, 0.4) is 0 Å². The van der Waals surface area contributed by atoms with Gasteiger partial charge >= 0.3 is 0 Å². The average Bonchev–Trinajstić information content (AvgIpc) is 2.38. The van der Waals surface area contributed by atoms with Crippen molar-refractivity contribution in [3.05, 3.63) is 35.4 Å². The molecule has 0 saturated heterocycles. The monoisotopic (exact) mass is 234 g/mol. The number of aryl methyl sites for hydroxylation is 1. The maximum Gasteiger partial charge on any atom is 0.0609 e. The molecule has 1 aliphatic rings. The summed E-state index contributed by atoms with van der Waals surface area (Å²) in [6, 6.07) is 8.56. The lowest BCUT2D eigenvalue weighted by atomic mass is 9.79. The Morgan fingerprint density at radius 2 is 2.24 bits per heavy atom. The molecule has 0 amide bonds. The van der Waals surface area contributed by atoms with Crippen molar-refractivity contribution >= 4 is 0 Å². The number of ether oxygens (including phenoxy) is 1. The van der Waals surface area contributed by atoms with E-state index >= 15 is 0 Å². The molecule has 0 fully saturated rings. The molecule has 17 heavy (non-hydrogen) atoms. The van der Waals surface area contributed by atoms with Crippen LogP contribution < -0.4 is 0 Å². The van der Waals surface area contributed by atoms with Gasteiger partial charge in [0.25, 0.3) is 0 Å². The minimum atomic E-state index is -0.216. The second-order valence-corrected chi connectivity index (χ2v) is 4.90. The first kappa shape index (κ1) is 12.6. The molecule has 1 N–H and O–H groups in total. The third-order valence-electron chi connectivity index (χ3n) is 3.73. The van der Waals surface area contributed by atoms with E-state index in [4.69, 9.17) is 4.74 Å². The molecule has 0 saturated carbocycles. The van der Waals surface area contributed by atoms with Crippen LogP contribution >= 0.6 is 0 Å². The van der Waals surface area contributed by atoms with E-state index in [2.05, 4.69) is 24.3 Å². The van der Waals surface area contributed by atoms with E-state index in [1.165, 1.54) is 17.5 Å². The highest BCUT2D eigenvalue weighted by molar-refractivity contribution is 5.33. The molecule has 0 spiro atoms. The van der Waals surface area contributed by atoms with Crippen molar-refractivity contribution in [3.8, 4) is 0 Å². The summed E-state index contributed by atoms with van der Waals surface area (Å²) in [6.45, 7) is 0.741. The van der Waals surface area contributed by atoms with Gasteiger partial charge in [-0.3, -0.25) is 0 Å². The van der Waals surface area contributed by atoms with Crippen molar-refractivity contribution in [1.82, 2.24) is 0 Å². The number of aliphatic hydroxyl groups is 1. The molecule has 0 aromatic heterocycles. The normalized spacial score (nSPS) is 20.9. The van der Waals surface area contributed by atoms with Crippen molar-refractivity contribution in [2.45, 2.75) is 44.1 Å². The topological polar surface area (TPSA) is 29.5 Å². The Kier molecular flexibility index (Phi) is 4.57. The summed E-state index contributed by atoms with van der Waals surface area (Å²) in [7, 11) is 1.71. The van der Waals surface area contributed by atoms with Gasteiger partial charge in [0.15, 0.2) is 0 Å². The van der Waals surface area contributed by atoms with E-state index in [-0.39, 0.29) is 6.10 Å². The molecule has 0 heterocycles. The van der Waals surface area contributed by atoms with Crippen molar-refractivity contribution in [3.63, 3.8) is 0 Å². The van der Waals surface area contributed by atoms with Crippen LogP contribution in [0.25, 0.3) is 0 Å². The van der Waals surface area contributed by atoms with E-state index in [0.717, 1.165) is 32.3 Å². The Morgan fingerprint density at radius 3 is 3.06 bits per heavy atom. The molecule has 2 atom stereocenters. The van der Waals surface area contributed by atoms with Gasteiger partial charge in [-0.2, -0.15) is 0 Å². The predicted molar refractivity (Wildman–Crippen MR) is 69.2 cm³/mol. The summed E-state index contributed by atoms with van der Waals surface area (Å²) in [5.74, 6) is 0.330. The summed E-state index contributed by atoms with van der Waals surface area (Å²) in [5.41, 5.74) is 2.79. The SMILES string of the molecule is COCCCC(O)C1CCCc2ccccc21. The number of hydrogen-bond donors (Lipinski definition) is 1. The Bertz CT molecular complexity index is 349. The number of hydrogen-bond acceptors (Lipinski definition) is 2. The largest absolute Gasteiger partial charge is 0.392 e. The first-order valence-electron chi connectivity index (χ1n) is 6.57. The molecule has 94 valence electrons. The van der Waals surface area contributed by atoms with Crippen LogP contribution in [0.5, 0.6) is 0 Å². The van der Waals surface area contributed by atoms with Crippen molar-refractivity contribution in [2.24, 2.45) is 0 Å². The molecule has 1 aromatic rings. The number of benzene rings is 1. The molecule has 1 aliphatic carbocycles. The van der Waals surface area contributed by atoms with Gasteiger partial charge in [0.1, 0.15) is 0 Å². The number of rotatable bonds is 5. The maximum absolute atomic E-state index is 10.3. The van der Waals surface area contributed by atoms with E-state index in [9.17, 15) is 5.11 Å². The van der Waals surface area contributed by atoms with Gasteiger partial charge in [0, 0.05) is 19.6 Å². The first-order chi connectivity index (χ1) is 8.33. The minimum Gasteiger partial charge on any atom is -0.392 e.